The van der Waals surface area contributed by atoms with Gasteiger partial charge in [-0.15, -0.1) is 0 Å². The highest BCUT2D eigenvalue weighted by Gasteiger charge is 2.40. The lowest BCUT2D eigenvalue weighted by atomic mass is 10.1. The average Bonchev–Trinajstić information content (AvgIpc) is 3.82. The van der Waals surface area contributed by atoms with E-state index in [1.807, 2.05) is 24.3 Å². The van der Waals surface area contributed by atoms with Gasteiger partial charge in [0.1, 0.15) is 5.75 Å². The zero-order chi connectivity index (χ0) is 43.3. The first-order valence-electron chi connectivity index (χ1n) is 17.1. The monoisotopic (exact) mass is 822 g/mol. The van der Waals surface area contributed by atoms with E-state index in [2.05, 4.69) is 30.8 Å². The molecule has 4 aromatic carbocycles. The Bertz CT molecular complexity index is 2400. The van der Waals surface area contributed by atoms with Gasteiger partial charge in [-0.25, -0.2) is 0 Å². The Morgan fingerprint density at radius 1 is 0.593 bits per heavy atom. The number of oxime groups is 1. The minimum absolute atomic E-state index is 0.150. The molecule has 2 aromatic heterocycles. The fourth-order valence-corrected chi connectivity index (χ4v) is 5.06. The topological polar surface area (TPSA) is 168 Å². The summed E-state index contributed by atoms with van der Waals surface area (Å²) in [6.07, 6.45) is -7.48. The van der Waals surface area contributed by atoms with Crippen LogP contribution in [0, 0.1) is 0 Å². The molecule has 4 N–H and O–H groups in total. The molecule has 2 amide bonds. The Hall–Kier alpha value is -7.28. The second-order valence-electron chi connectivity index (χ2n) is 12.2. The molecule has 6 aromatic rings. The number of hydrogen-bond acceptors (Lipinski definition) is 9. The first-order valence-corrected chi connectivity index (χ1v) is 17.1. The summed E-state index contributed by atoms with van der Waals surface area (Å²) < 4.78 is 79.9. The van der Waals surface area contributed by atoms with Gasteiger partial charge >= 0.3 is 12.4 Å². The van der Waals surface area contributed by atoms with Crippen LogP contribution in [0.5, 0.6) is 11.5 Å². The average molecular weight is 823 g/mol. The molecule has 2 heterocycles. The molecule has 59 heavy (non-hydrogen) atoms. The molecule has 0 unspecified atom stereocenters. The predicted octanol–water partition coefficient (Wildman–Crippen LogP) is 8.33. The molecule has 0 spiro atoms. The fourth-order valence-electron chi connectivity index (χ4n) is 5.06. The van der Waals surface area contributed by atoms with Gasteiger partial charge in [0.05, 0.1) is 28.2 Å². The van der Waals surface area contributed by atoms with E-state index in [-0.39, 0.29) is 17.0 Å². The van der Waals surface area contributed by atoms with E-state index in [0.717, 1.165) is 21.8 Å². The Morgan fingerprint density at radius 2 is 0.983 bits per heavy atom. The van der Waals surface area contributed by atoms with Crippen molar-refractivity contribution in [3.8, 4) is 11.5 Å². The number of hydrogen-bond donors (Lipinski definition) is 3. The number of halogens is 6. The number of nitrogens with one attached hydrogen (secondary N) is 2. The predicted molar refractivity (Wildman–Crippen MR) is 206 cm³/mol. The van der Waals surface area contributed by atoms with Crippen LogP contribution in [0.4, 0.5) is 37.7 Å². The number of ketones is 1. The zero-order valence-electron chi connectivity index (χ0n) is 31.7. The third kappa shape index (κ3) is 12.6. The van der Waals surface area contributed by atoms with Crippen LogP contribution in [0.2, 0.25) is 0 Å². The van der Waals surface area contributed by atoms with E-state index in [4.69, 9.17) is 10.7 Å². The summed E-state index contributed by atoms with van der Waals surface area (Å²) in [5.41, 5.74) is -2.07. The number of Topliss-reactive ketones (excluding diaryl/α,β-unsaturated/α-hetero) is 1. The molecular formula is C40H36F6N8O5. The van der Waals surface area contributed by atoms with Gasteiger partial charge in [-0.1, -0.05) is 71.9 Å². The first kappa shape index (κ1) is 44.4. The maximum Gasteiger partial charge on any atom is 0.435 e. The second kappa shape index (κ2) is 19.7. The van der Waals surface area contributed by atoms with E-state index in [9.17, 15) is 40.7 Å². The summed E-state index contributed by atoms with van der Waals surface area (Å²) in [5, 5.41) is 15.5. The van der Waals surface area contributed by atoms with Crippen LogP contribution in [-0.2, 0) is 26.4 Å². The zero-order valence-corrected chi connectivity index (χ0v) is 31.7. The molecule has 0 atom stereocenters. The third-order valence-corrected chi connectivity index (χ3v) is 7.71. The summed E-state index contributed by atoms with van der Waals surface area (Å²) >= 11 is 0. The lowest BCUT2D eigenvalue weighted by molar-refractivity contribution is -0.142. The van der Waals surface area contributed by atoms with Crippen molar-refractivity contribution in [3.63, 3.8) is 0 Å². The lowest BCUT2D eigenvalue weighted by Crippen LogP contribution is -2.19. The number of aromatic nitrogens is 4. The van der Waals surface area contributed by atoms with Gasteiger partial charge in [0.2, 0.25) is 0 Å². The van der Waals surface area contributed by atoms with Crippen LogP contribution >= 0.6 is 0 Å². The van der Waals surface area contributed by atoms with Gasteiger partial charge in [0.25, 0.3) is 11.8 Å². The number of rotatable bonds is 9. The summed E-state index contributed by atoms with van der Waals surface area (Å²) in [6, 6.07) is 30.8. The largest absolute Gasteiger partial charge is 0.435 e. The molecule has 0 bridgehead atoms. The highest BCUT2D eigenvalue weighted by molar-refractivity contribution is 6.11. The van der Waals surface area contributed by atoms with Crippen LogP contribution in [0.15, 0.2) is 127 Å². The number of aryl methyl sites for hydroxylation is 2. The highest BCUT2D eigenvalue weighted by Crippen LogP contribution is 2.32. The molecule has 13 nitrogen and oxygen atoms in total. The highest BCUT2D eigenvalue weighted by atomic mass is 19.4. The molecule has 19 heteroatoms. The Balaban J connectivity index is 0.000000225. The quantitative estimate of drug-likeness (QED) is 0.0566. The first-order chi connectivity index (χ1) is 27.9. The van der Waals surface area contributed by atoms with Gasteiger partial charge in [-0.3, -0.25) is 23.7 Å². The van der Waals surface area contributed by atoms with Gasteiger partial charge in [0, 0.05) is 37.6 Å². The normalized spacial score (nSPS) is 11.3. The molecule has 0 fully saturated rings. The Morgan fingerprint density at radius 3 is 1.39 bits per heavy atom. The SMILES string of the molecule is C/C(=N\Oc1ccccc1)c1ccccc1NC(=O)c1cn(C)nc1C(F)(F)F.CC(=O)c1ccccc1NC(=O)c1cn(C)nc1C(F)(F)F.NOc1ccccc1. The number of carbonyl (C=O) groups is 3. The molecule has 0 aliphatic heterocycles. The van der Waals surface area contributed by atoms with Gasteiger partial charge < -0.3 is 20.3 Å². The molecular weight excluding hydrogens is 786 g/mol. The van der Waals surface area contributed by atoms with E-state index in [0.29, 0.717) is 28.5 Å². The minimum Gasteiger partial charge on any atom is -0.412 e. The maximum atomic E-state index is 13.1. The van der Waals surface area contributed by atoms with Crippen molar-refractivity contribution in [1.29, 1.82) is 0 Å². The van der Waals surface area contributed by atoms with Gasteiger partial charge in [0.15, 0.2) is 22.9 Å². The van der Waals surface area contributed by atoms with Crippen molar-refractivity contribution in [3.05, 3.63) is 155 Å². The van der Waals surface area contributed by atoms with Crippen LogP contribution < -0.4 is 26.2 Å². The standard InChI is InChI=1S/C20H17F3N4O2.C14H12F3N3O2.C6H7NO/c1-13(26-29-14-8-4-3-5-9-14)15-10-6-7-11-17(15)24-19(28)16-12-27(2)25-18(16)20(21,22)23;1-8(21)9-5-3-4-6-11(9)18-13(22)10-7-20(2)19-12(10)14(15,16)17;7-8-6-4-2-1-3-5-6/h3-12H,1-2H3,(H,24,28);3-7H,1-2H3,(H,18,22);1-5H,7H2/b26-13+;;. The second-order valence-corrected chi connectivity index (χ2v) is 12.2. The lowest BCUT2D eigenvalue weighted by Gasteiger charge is -2.11. The summed E-state index contributed by atoms with van der Waals surface area (Å²) in [5.74, 6) is 3.86. The molecule has 308 valence electrons. The van der Waals surface area contributed by atoms with Crippen LogP contribution in [0.25, 0.3) is 0 Å². The fraction of sp³-hybridized carbons (Fsp3) is 0.150. The number of amides is 2. The van der Waals surface area contributed by atoms with E-state index >= 15 is 0 Å². The van der Waals surface area contributed by atoms with E-state index in [1.165, 1.54) is 33.2 Å². The van der Waals surface area contributed by atoms with E-state index in [1.54, 1.807) is 79.7 Å². The summed E-state index contributed by atoms with van der Waals surface area (Å²) in [4.78, 5) is 45.8. The molecule has 0 aliphatic carbocycles. The number of carbonyl (C=O) groups excluding carboxylic acids is 3. The van der Waals surface area contributed by atoms with Crippen molar-refractivity contribution in [2.45, 2.75) is 26.2 Å². The smallest absolute Gasteiger partial charge is 0.412 e. The van der Waals surface area contributed by atoms with Crippen molar-refractivity contribution in [1.82, 2.24) is 19.6 Å². The third-order valence-electron chi connectivity index (χ3n) is 7.71. The minimum atomic E-state index is -4.74. The number of para-hydroxylation sites is 4. The molecule has 0 aliphatic rings. The molecule has 0 saturated carbocycles. The molecule has 0 radical (unpaired) electrons. The number of anilines is 2. The number of nitrogens with two attached hydrogens (primary N) is 1. The van der Waals surface area contributed by atoms with Gasteiger partial charge in [-0.05, 0) is 56.3 Å². The van der Waals surface area contributed by atoms with Crippen molar-refractivity contribution in [2.24, 2.45) is 25.1 Å². The van der Waals surface area contributed by atoms with Crippen molar-refractivity contribution >= 4 is 34.7 Å². The summed E-state index contributed by atoms with van der Waals surface area (Å²) in [7, 11) is 2.60. The van der Waals surface area contributed by atoms with E-state index < -0.39 is 46.7 Å². The van der Waals surface area contributed by atoms with Crippen LogP contribution in [-0.4, -0.2) is 42.9 Å². The number of benzene rings is 4. The molecule has 6 rings (SSSR count). The number of alkyl halides is 6. The Kier molecular flexibility index (Phi) is 14.9. The summed E-state index contributed by atoms with van der Waals surface area (Å²) in [6.45, 7) is 2.97. The van der Waals surface area contributed by atoms with Crippen LogP contribution in [0.1, 0.15) is 61.9 Å². The van der Waals surface area contributed by atoms with Crippen molar-refractivity contribution < 1.29 is 50.4 Å². The molecule has 0 saturated heterocycles. The maximum absolute atomic E-state index is 13.1. The van der Waals surface area contributed by atoms with Gasteiger partial charge in [-0.2, -0.15) is 42.4 Å². The van der Waals surface area contributed by atoms with Crippen molar-refractivity contribution in [2.75, 3.05) is 10.6 Å². The van der Waals surface area contributed by atoms with Crippen LogP contribution in [0.3, 0.4) is 0 Å². The number of nitrogens with zero attached hydrogens (tertiary/aromatic N) is 5. The Labute approximate surface area is 333 Å².